The molecule has 5 aromatic rings. The number of nitrogens with two attached hydrogens (primary N) is 1. The summed E-state index contributed by atoms with van der Waals surface area (Å²) in [7, 11) is 0. The Bertz CT molecular complexity index is 2000. The zero-order valence-corrected chi connectivity index (χ0v) is 30.7. The van der Waals surface area contributed by atoms with Gasteiger partial charge in [-0.1, -0.05) is 102 Å². The third kappa shape index (κ3) is 10.5. The molecule has 0 radical (unpaired) electrons. The van der Waals surface area contributed by atoms with E-state index in [1.54, 1.807) is 23.0 Å². The number of rotatable bonds is 15. The average molecular weight is 757 g/mol. The van der Waals surface area contributed by atoms with Crippen molar-refractivity contribution in [1.82, 2.24) is 14.9 Å². The molecule has 0 saturated carbocycles. The number of nitrogens with one attached hydrogen (secondary N) is 2. The largest absolute Gasteiger partial charge is 0.397 e. The minimum Gasteiger partial charge on any atom is -0.397 e. The van der Waals surface area contributed by atoms with Crippen molar-refractivity contribution in [3.63, 3.8) is 0 Å². The number of halogens is 2. The molecular weight excluding hydrogens is 713 g/mol. The second-order valence-corrected chi connectivity index (χ2v) is 13.8. The molecule has 3 atom stereocenters. The first kappa shape index (κ1) is 38.0. The summed E-state index contributed by atoms with van der Waals surface area (Å²) in [5, 5.41) is 16.0. The first-order valence-corrected chi connectivity index (χ1v) is 18.5. The van der Waals surface area contributed by atoms with Crippen LogP contribution >= 0.6 is 23.2 Å². The van der Waals surface area contributed by atoms with Gasteiger partial charge in [0, 0.05) is 31.4 Å². The summed E-state index contributed by atoms with van der Waals surface area (Å²) in [6, 6.07) is 31.1. The van der Waals surface area contributed by atoms with Crippen LogP contribution < -0.4 is 16.4 Å². The van der Waals surface area contributed by atoms with Crippen LogP contribution in [0.4, 0.5) is 11.4 Å². The molecule has 6 rings (SSSR count). The maximum Gasteiger partial charge on any atom is 0.224 e. The van der Waals surface area contributed by atoms with Crippen molar-refractivity contribution in [1.29, 1.82) is 0 Å². The van der Waals surface area contributed by atoms with Crippen molar-refractivity contribution in [3.8, 4) is 11.1 Å². The summed E-state index contributed by atoms with van der Waals surface area (Å²) in [4.78, 5) is 29.0. The molecule has 5 N–H and O–H groups in total. The standard InChI is InChI=1S/C41H43Cl2N5O5/c42-39-40(43)48(26-46-39)24-33-22-36(29-18-16-27(25-49)17-19-29)53-41(52-33)32-11-7-10-31(21-32)30-9-6-8-28(20-30)23-45-37(50)14-2-1-3-15-38(51)47-35-13-5-4-12-34(35)44/h4-13,16-21,26,33,36,41,49H,1-3,14-15,22-25,44H2,(H,45,50)(H,47,51)/t33-,36+,41+/m1/s1. The van der Waals surface area contributed by atoms with Crippen molar-refractivity contribution in [3.05, 3.63) is 136 Å². The van der Waals surface area contributed by atoms with Gasteiger partial charge in [-0.25, -0.2) is 4.98 Å². The number of imidazole rings is 1. The molecule has 1 aromatic heterocycles. The van der Waals surface area contributed by atoms with Crippen LogP contribution in [0.15, 0.2) is 103 Å². The summed E-state index contributed by atoms with van der Waals surface area (Å²) >= 11 is 12.5. The Morgan fingerprint density at radius 3 is 2.30 bits per heavy atom. The van der Waals surface area contributed by atoms with E-state index in [1.165, 1.54) is 0 Å². The molecule has 4 aromatic carbocycles. The number of ether oxygens (including phenoxy) is 2. The van der Waals surface area contributed by atoms with E-state index < -0.39 is 6.29 Å². The van der Waals surface area contributed by atoms with Gasteiger partial charge in [-0.2, -0.15) is 0 Å². The van der Waals surface area contributed by atoms with Crippen molar-refractivity contribution < 1.29 is 24.2 Å². The Morgan fingerprint density at radius 1 is 0.830 bits per heavy atom. The number of carbonyl (C=O) groups excluding carboxylic acids is 2. The molecule has 276 valence electrons. The minimum atomic E-state index is -0.659. The molecule has 1 aliphatic rings. The van der Waals surface area contributed by atoms with E-state index in [9.17, 15) is 14.7 Å². The third-order valence-corrected chi connectivity index (χ3v) is 9.97. The van der Waals surface area contributed by atoms with Crippen molar-refractivity contribution >= 4 is 46.4 Å². The van der Waals surface area contributed by atoms with Crippen molar-refractivity contribution in [2.24, 2.45) is 0 Å². The number of hydrogen-bond acceptors (Lipinski definition) is 7. The monoisotopic (exact) mass is 755 g/mol. The number of unbranched alkanes of at least 4 members (excludes halogenated alkanes) is 2. The fourth-order valence-corrected chi connectivity index (χ4v) is 6.62. The number of hydrogen-bond donors (Lipinski definition) is 4. The average Bonchev–Trinajstić information content (AvgIpc) is 3.50. The minimum absolute atomic E-state index is 0.0279. The molecule has 12 heteroatoms. The van der Waals surface area contributed by atoms with Gasteiger partial charge in [-0.15, -0.1) is 0 Å². The van der Waals surface area contributed by atoms with E-state index in [0.29, 0.717) is 61.7 Å². The van der Waals surface area contributed by atoms with Gasteiger partial charge < -0.3 is 35.5 Å². The Kier molecular flexibility index (Phi) is 13.2. The van der Waals surface area contributed by atoms with Crippen LogP contribution in [-0.2, 0) is 38.8 Å². The topological polar surface area (TPSA) is 141 Å². The zero-order chi connectivity index (χ0) is 37.2. The molecular formula is C41H43Cl2N5O5. The lowest BCUT2D eigenvalue weighted by molar-refractivity contribution is -0.252. The molecule has 2 amide bonds. The molecule has 1 aliphatic heterocycles. The van der Waals surface area contributed by atoms with E-state index in [1.807, 2.05) is 72.8 Å². The highest BCUT2D eigenvalue weighted by molar-refractivity contribution is 6.40. The van der Waals surface area contributed by atoms with Gasteiger partial charge in [-0.3, -0.25) is 9.59 Å². The molecule has 10 nitrogen and oxygen atoms in total. The van der Waals surface area contributed by atoms with Gasteiger partial charge in [-0.05, 0) is 64.9 Å². The molecule has 0 bridgehead atoms. The number of anilines is 2. The van der Waals surface area contributed by atoms with E-state index in [4.69, 9.17) is 38.4 Å². The summed E-state index contributed by atoms with van der Waals surface area (Å²) in [6.45, 7) is 0.816. The maximum absolute atomic E-state index is 12.6. The van der Waals surface area contributed by atoms with Crippen LogP contribution in [-0.4, -0.2) is 32.6 Å². The van der Waals surface area contributed by atoms with Crippen LogP contribution in [0.3, 0.4) is 0 Å². The van der Waals surface area contributed by atoms with E-state index in [0.717, 1.165) is 39.8 Å². The maximum atomic E-state index is 12.6. The Hall–Kier alpha value is -4.71. The lowest BCUT2D eigenvalue weighted by Crippen LogP contribution is -2.32. The van der Waals surface area contributed by atoms with Gasteiger partial charge in [0.15, 0.2) is 11.4 Å². The zero-order valence-electron chi connectivity index (χ0n) is 29.2. The number of aliphatic hydroxyl groups excluding tert-OH is 1. The first-order chi connectivity index (χ1) is 25.7. The van der Waals surface area contributed by atoms with E-state index in [2.05, 4.69) is 27.8 Å². The van der Waals surface area contributed by atoms with Crippen molar-refractivity contribution in [2.45, 2.75) is 76.7 Å². The van der Waals surface area contributed by atoms with Gasteiger partial charge in [0.25, 0.3) is 0 Å². The van der Waals surface area contributed by atoms with Crippen LogP contribution in [0.25, 0.3) is 11.1 Å². The van der Waals surface area contributed by atoms with Gasteiger partial charge in [0.1, 0.15) is 5.15 Å². The van der Waals surface area contributed by atoms with Crippen LogP contribution in [0.1, 0.15) is 73.2 Å². The van der Waals surface area contributed by atoms with Gasteiger partial charge >= 0.3 is 0 Å². The first-order valence-electron chi connectivity index (χ1n) is 17.7. The Labute approximate surface area is 319 Å². The van der Waals surface area contributed by atoms with E-state index in [-0.39, 0.29) is 35.8 Å². The lowest BCUT2D eigenvalue weighted by Gasteiger charge is -2.36. The Balaban J connectivity index is 1.04. The van der Waals surface area contributed by atoms with Crippen LogP contribution in [0, 0.1) is 0 Å². The fourth-order valence-electron chi connectivity index (χ4n) is 6.31. The van der Waals surface area contributed by atoms with Crippen LogP contribution in [0.5, 0.6) is 0 Å². The summed E-state index contributed by atoms with van der Waals surface area (Å²) in [5.41, 5.74) is 12.7. The van der Waals surface area contributed by atoms with E-state index >= 15 is 0 Å². The fraction of sp³-hybridized carbons (Fsp3) is 0.293. The highest BCUT2D eigenvalue weighted by Gasteiger charge is 2.33. The molecule has 0 unspecified atom stereocenters. The number of nitrogens with zero attached hydrogens (tertiary/aromatic N) is 2. The lowest BCUT2D eigenvalue weighted by atomic mass is 9.98. The summed E-state index contributed by atoms with van der Waals surface area (Å²) in [6.07, 6.45) is 3.93. The Morgan fingerprint density at radius 2 is 1.57 bits per heavy atom. The molecule has 1 fully saturated rings. The number of benzene rings is 4. The number of aromatic nitrogens is 2. The molecule has 53 heavy (non-hydrogen) atoms. The van der Waals surface area contributed by atoms with Gasteiger partial charge in [0.2, 0.25) is 11.8 Å². The predicted octanol–water partition coefficient (Wildman–Crippen LogP) is 8.38. The second kappa shape index (κ2) is 18.4. The number of amides is 2. The number of nitrogen functional groups attached to an aromatic ring is 1. The van der Waals surface area contributed by atoms with Gasteiger partial charge in [0.05, 0.1) is 43.1 Å². The van der Waals surface area contributed by atoms with Crippen LogP contribution in [0.2, 0.25) is 10.3 Å². The second-order valence-electron chi connectivity index (χ2n) is 13.1. The molecule has 1 saturated heterocycles. The highest BCUT2D eigenvalue weighted by atomic mass is 35.5. The summed E-state index contributed by atoms with van der Waals surface area (Å²) in [5.74, 6) is -0.114. The predicted molar refractivity (Wildman–Crippen MR) is 207 cm³/mol. The number of para-hydroxylation sites is 2. The number of carbonyl (C=O) groups is 2. The molecule has 0 spiro atoms. The smallest absolute Gasteiger partial charge is 0.224 e. The molecule has 0 aliphatic carbocycles. The van der Waals surface area contributed by atoms with Crippen molar-refractivity contribution in [2.75, 3.05) is 11.1 Å². The quantitative estimate of drug-likeness (QED) is 0.0622. The normalized spacial score (nSPS) is 17.0. The molecule has 2 heterocycles. The SMILES string of the molecule is Nc1ccccc1NC(=O)CCCCCC(=O)NCc1cccc(-c2cccc([C@H]3O[C@@H](Cn4cnc(Cl)c4Cl)C[C@@H](c4ccc(CO)cc4)O3)c2)c1. The number of aliphatic hydroxyl groups is 1. The highest BCUT2D eigenvalue weighted by Crippen LogP contribution is 2.39. The third-order valence-electron chi connectivity index (χ3n) is 9.20. The summed E-state index contributed by atoms with van der Waals surface area (Å²) < 4.78 is 14.9.